The largest absolute Gasteiger partial charge is 0.378 e. The Labute approximate surface area is 114 Å². The third-order valence-electron chi connectivity index (χ3n) is 4.08. The Kier molecular flexibility index (Phi) is 9.59. The Morgan fingerprint density at radius 2 is 1.67 bits per heavy atom. The van der Waals surface area contributed by atoms with Gasteiger partial charge >= 0.3 is 0 Å². The maximum atomic E-state index is 6.20. The predicted molar refractivity (Wildman–Crippen MR) is 79.0 cm³/mol. The van der Waals surface area contributed by atoms with Crippen molar-refractivity contribution in [2.24, 2.45) is 5.92 Å². The first kappa shape index (κ1) is 16.0. The van der Waals surface area contributed by atoms with Gasteiger partial charge in [-0.05, 0) is 44.7 Å². The number of hydrogen-bond acceptors (Lipinski definition) is 2. The topological polar surface area (TPSA) is 21.3 Å². The lowest BCUT2D eigenvalue weighted by molar-refractivity contribution is -0.00568. The van der Waals surface area contributed by atoms with Crippen molar-refractivity contribution in [3.8, 4) is 0 Å². The van der Waals surface area contributed by atoms with E-state index >= 15 is 0 Å². The van der Waals surface area contributed by atoms with Crippen LogP contribution in [-0.2, 0) is 4.74 Å². The molecular weight excluding hydrogens is 222 g/mol. The fourth-order valence-corrected chi connectivity index (χ4v) is 2.85. The molecule has 1 heterocycles. The molecule has 0 saturated carbocycles. The minimum atomic E-state index is 0.538. The minimum Gasteiger partial charge on any atom is -0.378 e. The van der Waals surface area contributed by atoms with Crippen LogP contribution in [-0.4, -0.2) is 25.8 Å². The van der Waals surface area contributed by atoms with Crippen molar-refractivity contribution in [1.82, 2.24) is 5.32 Å². The summed E-state index contributed by atoms with van der Waals surface area (Å²) >= 11 is 0. The van der Waals surface area contributed by atoms with Crippen LogP contribution in [0.25, 0.3) is 0 Å². The maximum Gasteiger partial charge on any atom is 0.0604 e. The summed E-state index contributed by atoms with van der Waals surface area (Å²) in [4.78, 5) is 0. The first-order valence-electron chi connectivity index (χ1n) is 8.20. The number of unbranched alkanes of at least 4 members (excludes halogenated alkanes) is 4. The normalized spacial score (nSPS) is 19.0. The Morgan fingerprint density at radius 1 is 1.00 bits per heavy atom. The molecule has 1 aliphatic heterocycles. The Bertz CT molecular complexity index is 178. The number of piperidine rings is 1. The van der Waals surface area contributed by atoms with E-state index in [1.165, 1.54) is 70.9 Å². The van der Waals surface area contributed by atoms with Crippen LogP contribution in [0.1, 0.15) is 71.6 Å². The molecule has 0 aromatic heterocycles. The van der Waals surface area contributed by atoms with Gasteiger partial charge < -0.3 is 10.1 Å². The van der Waals surface area contributed by atoms with Crippen molar-refractivity contribution >= 4 is 0 Å². The van der Waals surface area contributed by atoms with Gasteiger partial charge in [0.25, 0.3) is 0 Å². The van der Waals surface area contributed by atoms with Crippen LogP contribution >= 0.6 is 0 Å². The highest BCUT2D eigenvalue weighted by Crippen LogP contribution is 2.23. The molecule has 0 aromatic rings. The van der Waals surface area contributed by atoms with Gasteiger partial charge in [0.05, 0.1) is 6.10 Å². The molecule has 1 saturated heterocycles. The molecule has 1 aliphatic rings. The first-order valence-corrected chi connectivity index (χ1v) is 8.20. The van der Waals surface area contributed by atoms with Crippen LogP contribution in [0.15, 0.2) is 0 Å². The lowest BCUT2D eigenvalue weighted by Crippen LogP contribution is -2.35. The quantitative estimate of drug-likeness (QED) is 0.592. The average Bonchev–Trinajstić information content (AvgIpc) is 2.42. The molecule has 0 radical (unpaired) electrons. The molecule has 2 heteroatoms. The van der Waals surface area contributed by atoms with Crippen molar-refractivity contribution in [2.75, 3.05) is 19.7 Å². The van der Waals surface area contributed by atoms with Crippen LogP contribution in [0.2, 0.25) is 0 Å². The van der Waals surface area contributed by atoms with E-state index in [1.807, 2.05) is 0 Å². The van der Waals surface area contributed by atoms with Crippen LogP contribution < -0.4 is 5.32 Å². The smallest absolute Gasteiger partial charge is 0.0604 e. The third kappa shape index (κ3) is 6.75. The highest BCUT2D eigenvalue weighted by Gasteiger charge is 2.23. The molecule has 108 valence electrons. The molecule has 0 amide bonds. The van der Waals surface area contributed by atoms with E-state index in [-0.39, 0.29) is 0 Å². The van der Waals surface area contributed by atoms with Crippen molar-refractivity contribution in [2.45, 2.75) is 77.7 Å². The standard InChI is InChI=1S/C16H33NO/c1-3-5-7-9-16(18-14-8-6-4-2)15-10-12-17-13-11-15/h15-17H,3-14H2,1-2H3. The van der Waals surface area contributed by atoms with Crippen LogP contribution in [0.4, 0.5) is 0 Å². The third-order valence-corrected chi connectivity index (χ3v) is 4.08. The highest BCUT2D eigenvalue weighted by molar-refractivity contribution is 4.76. The fraction of sp³-hybridized carbons (Fsp3) is 1.00. The Morgan fingerprint density at radius 3 is 2.33 bits per heavy atom. The molecule has 0 aliphatic carbocycles. The molecule has 1 unspecified atom stereocenters. The molecule has 0 spiro atoms. The first-order chi connectivity index (χ1) is 8.88. The Hall–Kier alpha value is -0.0800. The number of rotatable bonds is 10. The van der Waals surface area contributed by atoms with E-state index in [0.29, 0.717) is 6.10 Å². The second kappa shape index (κ2) is 10.8. The summed E-state index contributed by atoms with van der Waals surface area (Å²) in [6, 6.07) is 0. The second-order valence-corrected chi connectivity index (χ2v) is 5.70. The van der Waals surface area contributed by atoms with Gasteiger partial charge in [-0.2, -0.15) is 0 Å². The second-order valence-electron chi connectivity index (χ2n) is 5.70. The van der Waals surface area contributed by atoms with Crippen LogP contribution in [0.3, 0.4) is 0 Å². The van der Waals surface area contributed by atoms with Gasteiger partial charge in [0.2, 0.25) is 0 Å². The molecule has 1 rings (SSSR count). The van der Waals surface area contributed by atoms with Gasteiger partial charge in [-0.3, -0.25) is 0 Å². The number of nitrogens with one attached hydrogen (secondary N) is 1. The van der Waals surface area contributed by atoms with Crippen molar-refractivity contribution in [3.05, 3.63) is 0 Å². The van der Waals surface area contributed by atoms with Gasteiger partial charge in [-0.1, -0.05) is 46.0 Å². The zero-order chi connectivity index (χ0) is 13.1. The van der Waals surface area contributed by atoms with E-state index in [0.717, 1.165) is 12.5 Å². The van der Waals surface area contributed by atoms with Gasteiger partial charge in [0.15, 0.2) is 0 Å². The van der Waals surface area contributed by atoms with Gasteiger partial charge in [0, 0.05) is 6.61 Å². The Balaban J connectivity index is 2.25. The summed E-state index contributed by atoms with van der Waals surface area (Å²) in [5.74, 6) is 0.810. The lowest BCUT2D eigenvalue weighted by Gasteiger charge is -2.31. The SMILES string of the molecule is CCCCCOC(CCCCC)C1CCNCC1. The average molecular weight is 255 g/mol. The summed E-state index contributed by atoms with van der Waals surface area (Å²) < 4.78 is 6.20. The van der Waals surface area contributed by atoms with Crippen LogP contribution in [0, 0.1) is 5.92 Å². The van der Waals surface area contributed by atoms with Gasteiger partial charge in [-0.25, -0.2) is 0 Å². The molecule has 1 atom stereocenters. The molecule has 0 aromatic carbocycles. The maximum absolute atomic E-state index is 6.20. The molecule has 1 fully saturated rings. The zero-order valence-electron chi connectivity index (χ0n) is 12.5. The van der Waals surface area contributed by atoms with Crippen LogP contribution in [0.5, 0.6) is 0 Å². The van der Waals surface area contributed by atoms with E-state index in [9.17, 15) is 0 Å². The fourth-order valence-electron chi connectivity index (χ4n) is 2.85. The van der Waals surface area contributed by atoms with Crippen molar-refractivity contribution < 1.29 is 4.74 Å². The van der Waals surface area contributed by atoms with E-state index in [2.05, 4.69) is 19.2 Å². The number of hydrogen-bond donors (Lipinski definition) is 1. The monoisotopic (exact) mass is 255 g/mol. The summed E-state index contributed by atoms with van der Waals surface area (Å²) in [6.45, 7) is 7.89. The summed E-state index contributed by atoms with van der Waals surface area (Å²) in [6.07, 6.45) is 12.3. The van der Waals surface area contributed by atoms with Gasteiger partial charge in [-0.15, -0.1) is 0 Å². The van der Waals surface area contributed by atoms with Gasteiger partial charge in [0.1, 0.15) is 0 Å². The number of ether oxygens (including phenoxy) is 1. The van der Waals surface area contributed by atoms with E-state index < -0.39 is 0 Å². The molecule has 2 nitrogen and oxygen atoms in total. The lowest BCUT2D eigenvalue weighted by atomic mass is 9.89. The van der Waals surface area contributed by atoms with E-state index in [4.69, 9.17) is 4.74 Å². The van der Waals surface area contributed by atoms with Crippen molar-refractivity contribution in [1.29, 1.82) is 0 Å². The predicted octanol–water partition coefficient (Wildman–Crippen LogP) is 4.14. The highest BCUT2D eigenvalue weighted by atomic mass is 16.5. The molecule has 0 bridgehead atoms. The molecule has 1 N–H and O–H groups in total. The van der Waals surface area contributed by atoms with E-state index in [1.54, 1.807) is 0 Å². The summed E-state index contributed by atoms with van der Waals surface area (Å²) in [7, 11) is 0. The zero-order valence-corrected chi connectivity index (χ0v) is 12.5. The molecule has 18 heavy (non-hydrogen) atoms. The summed E-state index contributed by atoms with van der Waals surface area (Å²) in [5, 5.41) is 3.46. The molecular formula is C16H33NO. The summed E-state index contributed by atoms with van der Waals surface area (Å²) in [5.41, 5.74) is 0. The van der Waals surface area contributed by atoms with Crippen molar-refractivity contribution in [3.63, 3.8) is 0 Å². The minimum absolute atomic E-state index is 0.538.